The van der Waals surface area contributed by atoms with Crippen LogP contribution in [0.1, 0.15) is 213 Å². The summed E-state index contributed by atoms with van der Waals surface area (Å²) >= 11 is 0. The van der Waals surface area contributed by atoms with Crippen LogP contribution in [-0.2, 0) is 4.74 Å². The van der Waals surface area contributed by atoms with Crippen molar-refractivity contribution >= 4 is 17.5 Å². The molecule has 0 radical (unpaired) electrons. The van der Waals surface area contributed by atoms with Gasteiger partial charge in [0, 0.05) is 116 Å². The molecule has 540 valence electrons. The summed E-state index contributed by atoms with van der Waals surface area (Å²) < 4.78 is 22.6. The largest absolute Gasteiger partial charge is 0.494 e. The van der Waals surface area contributed by atoms with E-state index in [2.05, 4.69) is 220 Å². The number of carbonyl (C=O) groups excluding carboxylic acids is 2. The number of nitrogens with one attached hydrogen (secondary N) is 5. The summed E-state index contributed by atoms with van der Waals surface area (Å²) in [6.07, 6.45) is 14.5. The van der Waals surface area contributed by atoms with Crippen molar-refractivity contribution in [2.45, 2.75) is 218 Å². The molecule has 5 N–H and O–H groups in total. The number of aromatic nitrogens is 4. The van der Waals surface area contributed by atoms with E-state index in [1.807, 2.05) is 58.3 Å². The van der Waals surface area contributed by atoms with Crippen LogP contribution in [0.3, 0.4) is 0 Å². The van der Waals surface area contributed by atoms with Crippen molar-refractivity contribution in [1.29, 1.82) is 0 Å². The Morgan fingerprint density at radius 2 is 0.827 bits per heavy atom. The van der Waals surface area contributed by atoms with Gasteiger partial charge in [0.15, 0.2) is 23.1 Å². The van der Waals surface area contributed by atoms with Crippen molar-refractivity contribution in [2.75, 3.05) is 71.1 Å². The Morgan fingerprint density at radius 1 is 0.429 bits per heavy atom. The minimum absolute atomic E-state index is 0.117. The molecule has 6 aromatic rings. The molecule has 17 nitrogen and oxygen atoms in total. The van der Waals surface area contributed by atoms with Gasteiger partial charge in [-0.15, -0.1) is 0 Å². The molecule has 2 aliphatic heterocycles. The molecule has 2 aromatic heterocycles. The summed E-state index contributed by atoms with van der Waals surface area (Å²) in [6.45, 7) is 46.8. The Hall–Kier alpha value is -7.02. The van der Waals surface area contributed by atoms with Gasteiger partial charge in [-0.1, -0.05) is 159 Å². The Morgan fingerprint density at radius 3 is 1.23 bits per heavy atom. The van der Waals surface area contributed by atoms with E-state index in [-0.39, 0.29) is 11.8 Å². The average Bonchev–Trinajstić information content (AvgIpc) is 1.70. The van der Waals surface area contributed by atoms with Crippen LogP contribution in [0.4, 0.5) is 5.69 Å². The van der Waals surface area contributed by atoms with E-state index in [0.717, 1.165) is 136 Å². The fraction of sp³-hybridized carbons (Fsp3) is 0.580. The lowest BCUT2D eigenvalue weighted by Gasteiger charge is -2.19. The predicted molar refractivity (Wildman–Crippen MR) is 405 cm³/mol. The van der Waals surface area contributed by atoms with Gasteiger partial charge in [0.2, 0.25) is 0 Å². The fourth-order valence-corrected chi connectivity index (χ4v) is 11.2. The van der Waals surface area contributed by atoms with E-state index in [1.54, 1.807) is 24.8 Å². The second-order valence-corrected chi connectivity index (χ2v) is 29.2. The van der Waals surface area contributed by atoms with Crippen molar-refractivity contribution < 1.29 is 28.5 Å². The number of hydrogen-bond acceptors (Lipinski definition) is 15. The molecule has 98 heavy (non-hydrogen) atoms. The van der Waals surface area contributed by atoms with E-state index >= 15 is 0 Å². The second-order valence-electron chi connectivity index (χ2n) is 29.2. The maximum Gasteiger partial charge on any atom is 0.253 e. The summed E-state index contributed by atoms with van der Waals surface area (Å²) in [5.41, 5.74) is 7.15. The maximum atomic E-state index is 12.6. The topological polar surface area (TPSA) is 189 Å². The lowest BCUT2D eigenvalue weighted by atomic mass is 10.1. The molecule has 2 aliphatic rings. The number of hydrogen-bond donors (Lipinski definition) is 5. The summed E-state index contributed by atoms with van der Waals surface area (Å²) in [6, 6.07) is 35.5. The Kier molecular flexibility index (Phi) is 36.8. The molecule has 4 atom stereocenters. The number of carbonyl (C=O) groups is 2. The van der Waals surface area contributed by atoms with Gasteiger partial charge in [-0.3, -0.25) is 9.59 Å². The van der Waals surface area contributed by atoms with Crippen LogP contribution in [0.5, 0.6) is 17.2 Å². The van der Waals surface area contributed by atoms with Crippen LogP contribution in [0.2, 0.25) is 0 Å². The van der Waals surface area contributed by atoms with Gasteiger partial charge < -0.3 is 55.3 Å². The minimum Gasteiger partial charge on any atom is -0.494 e. The van der Waals surface area contributed by atoms with Gasteiger partial charge in [0.05, 0.1) is 44.6 Å². The van der Waals surface area contributed by atoms with Crippen LogP contribution in [0, 0.1) is 23.7 Å². The molecule has 4 aromatic carbocycles. The smallest absolute Gasteiger partial charge is 0.253 e. The highest BCUT2D eigenvalue weighted by Crippen LogP contribution is 2.25. The van der Waals surface area contributed by atoms with E-state index in [1.165, 1.54) is 17.5 Å². The molecule has 2 fully saturated rings. The SMILES string of the molecule is CC(C)CCCOc1cnc(-c2ccc([C@H](C)NC(C)C)cc2)nc1.CC(C)CCNc1ccc(C(=O)N2CC[C@H](NC(C)C)C2)cc1.CC(C)CCOCCOc1cnc(-c2ccc([C@H](C)NC(C)C)cc2)nc1.CC(C)CCOc1ccc(C(=O)N2CC[C@H](NC(C)C)C2)cc1. The zero-order valence-corrected chi connectivity index (χ0v) is 63.1. The summed E-state index contributed by atoms with van der Waals surface area (Å²) in [5.74, 6) is 6.64. The molecule has 8 rings (SSSR count). The van der Waals surface area contributed by atoms with Gasteiger partial charge in [0.25, 0.3) is 11.8 Å². The minimum atomic E-state index is 0.117. The molecule has 2 saturated heterocycles. The predicted octanol–water partition coefficient (Wildman–Crippen LogP) is 16.3. The lowest BCUT2D eigenvalue weighted by molar-refractivity contribution is 0.0781. The van der Waals surface area contributed by atoms with Gasteiger partial charge in [-0.2, -0.15) is 0 Å². The van der Waals surface area contributed by atoms with Crippen LogP contribution in [-0.4, -0.2) is 144 Å². The molecule has 17 heteroatoms. The molecule has 0 unspecified atom stereocenters. The number of rotatable bonds is 34. The average molecular weight is 1350 g/mol. The first kappa shape index (κ1) is 81.7. The van der Waals surface area contributed by atoms with Gasteiger partial charge in [-0.05, 0) is 142 Å². The second kappa shape index (κ2) is 44.2. The van der Waals surface area contributed by atoms with Crippen molar-refractivity contribution in [3.63, 3.8) is 0 Å². The third-order valence-corrected chi connectivity index (χ3v) is 16.6. The molecule has 0 saturated carbocycles. The van der Waals surface area contributed by atoms with Crippen LogP contribution in [0.25, 0.3) is 22.8 Å². The quantitative estimate of drug-likeness (QED) is 0.0240. The number of benzene rings is 4. The number of nitrogens with zero attached hydrogens (tertiary/aromatic N) is 6. The monoisotopic (exact) mass is 1350 g/mol. The zero-order chi connectivity index (χ0) is 71.5. The normalized spacial score (nSPS) is 15.1. The standard InChI is InChI=1S/C22H33N3O2.C21H31N3O.C19H31N3O.C19H30N2O2/c1-16(2)10-11-26-12-13-27-21-14-23-22(24-15-21)20-8-6-19(7-9-20)18(5)25-17(3)4;1-15(2)7-6-12-25-20-13-22-21(23-14-20)19-10-8-18(9-11-19)17(5)24-16(3)4;1-14(2)9-11-20-17-7-5-16(6-8-17)19(23)22-12-10-18(13-22)21-15(3)4;1-14(2)10-12-23-18-7-5-16(6-8-18)19(22)21-11-9-17(13-21)20-15(3)4/h6-9,14-18,25H,10-13H2,1-5H3;8-11,13-17,24H,6-7,12H2,1-5H3;5-8,14-15,18,20-21H,9-13H2,1-4H3;5-8,14-15,17,20H,9-13H2,1-4H3/t18-;17-;18-;17-/m0000/s1. The molecule has 0 bridgehead atoms. The van der Waals surface area contributed by atoms with Crippen molar-refractivity contribution in [3.8, 4) is 40.0 Å². The third-order valence-electron chi connectivity index (χ3n) is 16.6. The molecular formula is C81H125N11O6. The first-order chi connectivity index (χ1) is 46.8. The lowest BCUT2D eigenvalue weighted by Crippen LogP contribution is -2.38. The number of amides is 2. The highest BCUT2D eigenvalue weighted by Gasteiger charge is 2.28. The summed E-state index contributed by atoms with van der Waals surface area (Å²) in [7, 11) is 0. The highest BCUT2D eigenvalue weighted by atomic mass is 16.5. The van der Waals surface area contributed by atoms with Crippen molar-refractivity contribution in [1.82, 2.24) is 51.0 Å². The number of likely N-dealkylation sites (tertiary alicyclic amines) is 2. The van der Waals surface area contributed by atoms with Crippen molar-refractivity contribution in [3.05, 3.63) is 144 Å². The Balaban J connectivity index is 0.000000236. The number of anilines is 1. The third kappa shape index (κ3) is 31.9. The van der Waals surface area contributed by atoms with Gasteiger partial charge in [-0.25, -0.2) is 19.9 Å². The maximum absolute atomic E-state index is 12.6. The van der Waals surface area contributed by atoms with E-state index in [4.69, 9.17) is 18.9 Å². The highest BCUT2D eigenvalue weighted by molar-refractivity contribution is 5.95. The molecule has 0 spiro atoms. The molecular weight excluding hydrogens is 1220 g/mol. The summed E-state index contributed by atoms with van der Waals surface area (Å²) in [4.78, 5) is 46.7. The zero-order valence-electron chi connectivity index (χ0n) is 63.1. The van der Waals surface area contributed by atoms with Gasteiger partial charge in [0.1, 0.15) is 12.4 Å². The molecule has 0 aliphatic carbocycles. The van der Waals surface area contributed by atoms with Crippen molar-refractivity contribution in [2.24, 2.45) is 23.7 Å². The number of ether oxygens (including phenoxy) is 4. The summed E-state index contributed by atoms with van der Waals surface area (Å²) in [5, 5.41) is 17.4. The first-order valence-electron chi connectivity index (χ1n) is 36.7. The Bertz CT molecular complexity index is 3010. The van der Waals surface area contributed by atoms with Crippen LogP contribution < -0.4 is 40.8 Å². The van der Waals surface area contributed by atoms with E-state index in [9.17, 15) is 9.59 Å². The fourth-order valence-electron chi connectivity index (χ4n) is 11.2. The van der Waals surface area contributed by atoms with Gasteiger partial charge >= 0.3 is 0 Å². The first-order valence-corrected chi connectivity index (χ1v) is 36.7. The van der Waals surface area contributed by atoms with E-state index < -0.39 is 0 Å². The van der Waals surface area contributed by atoms with Crippen LogP contribution in [0.15, 0.2) is 122 Å². The Labute approximate surface area is 591 Å². The molecule has 4 heterocycles. The molecule has 2 amide bonds. The van der Waals surface area contributed by atoms with E-state index in [0.29, 0.717) is 96.8 Å². The van der Waals surface area contributed by atoms with Crippen LogP contribution >= 0.6 is 0 Å².